The standard InChI is InChI=1S/C26H30Cl2FNO4/c1-33-9-6-24(18-10-19(27)12-20(28)11-18)30-7-4-16(5-8-30)15-34-25-14-23(29)22(26(31)32)13-21(25)17-2-3-17/h10-14,16-17,24H,2-9,15H2,1H3,(H,31,32)/t24-/m0/s1. The van der Waals surface area contributed by atoms with Gasteiger partial charge in [0.25, 0.3) is 0 Å². The number of carboxylic acid groups (broad SMARTS) is 1. The summed E-state index contributed by atoms with van der Waals surface area (Å²) in [5.74, 6) is -0.901. The Hall–Kier alpha value is -1.86. The van der Waals surface area contributed by atoms with Crippen LogP contribution >= 0.6 is 23.2 Å². The average molecular weight is 510 g/mol. The molecule has 2 fully saturated rings. The van der Waals surface area contributed by atoms with Crippen molar-refractivity contribution >= 4 is 29.2 Å². The lowest BCUT2D eigenvalue weighted by atomic mass is 9.93. The van der Waals surface area contributed by atoms with Crippen LogP contribution in [-0.2, 0) is 4.74 Å². The molecule has 4 rings (SSSR count). The maximum absolute atomic E-state index is 14.3. The van der Waals surface area contributed by atoms with E-state index in [4.69, 9.17) is 32.7 Å². The molecule has 0 spiro atoms. The lowest BCUT2D eigenvalue weighted by molar-refractivity contribution is 0.0691. The van der Waals surface area contributed by atoms with Gasteiger partial charge in [0.05, 0.1) is 12.2 Å². The first-order valence-corrected chi connectivity index (χ1v) is 12.5. The quantitative estimate of drug-likeness (QED) is 0.392. The lowest BCUT2D eigenvalue weighted by Crippen LogP contribution is -2.38. The minimum Gasteiger partial charge on any atom is -0.493 e. The highest BCUT2D eigenvalue weighted by Crippen LogP contribution is 2.45. The number of nitrogens with zero attached hydrogens (tertiary/aromatic N) is 1. The van der Waals surface area contributed by atoms with E-state index in [1.54, 1.807) is 13.2 Å². The van der Waals surface area contributed by atoms with Gasteiger partial charge in [-0.15, -0.1) is 0 Å². The summed E-state index contributed by atoms with van der Waals surface area (Å²) in [5, 5.41) is 10.5. The van der Waals surface area contributed by atoms with Crippen molar-refractivity contribution < 1.29 is 23.8 Å². The van der Waals surface area contributed by atoms with E-state index in [1.165, 1.54) is 12.1 Å². The number of methoxy groups -OCH3 is 1. The van der Waals surface area contributed by atoms with Crippen LogP contribution in [0.1, 0.15) is 65.5 Å². The van der Waals surface area contributed by atoms with Crippen molar-refractivity contribution in [1.82, 2.24) is 4.90 Å². The van der Waals surface area contributed by atoms with E-state index in [0.29, 0.717) is 34.9 Å². The Morgan fingerprint density at radius 1 is 1.12 bits per heavy atom. The molecule has 2 aromatic carbocycles. The van der Waals surface area contributed by atoms with E-state index >= 15 is 0 Å². The lowest BCUT2D eigenvalue weighted by Gasteiger charge is -2.38. The van der Waals surface area contributed by atoms with Crippen LogP contribution in [0, 0.1) is 11.7 Å². The smallest absolute Gasteiger partial charge is 0.338 e. The number of halogens is 3. The molecule has 5 nitrogen and oxygen atoms in total. The van der Waals surface area contributed by atoms with E-state index in [2.05, 4.69) is 4.90 Å². The van der Waals surface area contributed by atoms with Gasteiger partial charge in [0.2, 0.25) is 0 Å². The topological polar surface area (TPSA) is 59.0 Å². The number of hydrogen-bond acceptors (Lipinski definition) is 4. The molecule has 1 saturated heterocycles. The molecule has 1 atom stereocenters. The molecule has 0 aromatic heterocycles. The van der Waals surface area contributed by atoms with Crippen molar-refractivity contribution in [2.45, 2.75) is 44.1 Å². The van der Waals surface area contributed by atoms with Crippen LogP contribution in [0.15, 0.2) is 30.3 Å². The number of likely N-dealkylation sites (tertiary alicyclic amines) is 1. The molecule has 0 radical (unpaired) electrons. The minimum absolute atomic E-state index is 0.164. The summed E-state index contributed by atoms with van der Waals surface area (Å²) in [4.78, 5) is 13.8. The van der Waals surface area contributed by atoms with E-state index in [1.807, 2.05) is 12.1 Å². The Kier molecular flexibility index (Phi) is 8.35. The second kappa shape index (κ2) is 11.3. The molecule has 34 heavy (non-hydrogen) atoms. The monoisotopic (exact) mass is 509 g/mol. The third-order valence-corrected chi connectivity index (χ3v) is 7.21. The van der Waals surface area contributed by atoms with Crippen LogP contribution < -0.4 is 4.74 Å². The van der Waals surface area contributed by atoms with Gasteiger partial charge >= 0.3 is 5.97 Å². The molecule has 184 valence electrons. The van der Waals surface area contributed by atoms with E-state index in [-0.39, 0.29) is 17.5 Å². The first kappa shape index (κ1) is 25.2. The molecule has 0 unspecified atom stereocenters. The van der Waals surface area contributed by atoms with Crippen molar-refractivity contribution in [3.8, 4) is 5.75 Å². The van der Waals surface area contributed by atoms with Crippen LogP contribution in [0.3, 0.4) is 0 Å². The van der Waals surface area contributed by atoms with Gasteiger partial charge in [-0.3, -0.25) is 4.90 Å². The van der Waals surface area contributed by atoms with Crippen LogP contribution in [-0.4, -0.2) is 49.4 Å². The molecular weight excluding hydrogens is 480 g/mol. The normalized spacial score (nSPS) is 18.1. The Labute approximate surface area is 209 Å². The van der Waals surface area contributed by atoms with Crippen molar-refractivity contribution in [1.29, 1.82) is 0 Å². The van der Waals surface area contributed by atoms with E-state index in [0.717, 1.165) is 56.3 Å². The molecule has 1 aliphatic carbocycles. The highest BCUT2D eigenvalue weighted by Gasteiger charge is 2.31. The van der Waals surface area contributed by atoms with Crippen LogP contribution in [0.4, 0.5) is 4.39 Å². The predicted octanol–water partition coefficient (Wildman–Crippen LogP) is 6.58. The van der Waals surface area contributed by atoms with Gasteiger partial charge in [-0.1, -0.05) is 23.2 Å². The fourth-order valence-electron chi connectivity index (χ4n) is 4.77. The van der Waals surface area contributed by atoms with Gasteiger partial charge in [-0.2, -0.15) is 0 Å². The van der Waals surface area contributed by atoms with Gasteiger partial charge in [0.1, 0.15) is 11.6 Å². The van der Waals surface area contributed by atoms with Crippen LogP contribution in [0.5, 0.6) is 5.75 Å². The highest BCUT2D eigenvalue weighted by molar-refractivity contribution is 6.34. The zero-order valence-electron chi connectivity index (χ0n) is 19.2. The number of aromatic carboxylic acids is 1. The van der Waals surface area contributed by atoms with Crippen LogP contribution in [0.2, 0.25) is 10.0 Å². The molecule has 1 N–H and O–H groups in total. The zero-order chi connectivity index (χ0) is 24.2. The SMILES string of the molecule is COCC[C@@H](c1cc(Cl)cc(Cl)c1)N1CCC(COc2cc(F)c(C(=O)O)cc2C2CC2)CC1. The van der Waals surface area contributed by atoms with E-state index < -0.39 is 11.8 Å². The molecule has 1 heterocycles. The largest absolute Gasteiger partial charge is 0.493 e. The summed E-state index contributed by atoms with van der Waals surface area (Å²) in [6, 6.07) is 8.54. The van der Waals surface area contributed by atoms with Crippen LogP contribution in [0.25, 0.3) is 0 Å². The molecule has 1 saturated carbocycles. The van der Waals surface area contributed by atoms with Crippen molar-refractivity contribution in [3.63, 3.8) is 0 Å². The molecule has 2 aromatic rings. The Morgan fingerprint density at radius 2 is 1.79 bits per heavy atom. The number of benzene rings is 2. The number of rotatable bonds is 10. The summed E-state index contributed by atoms with van der Waals surface area (Å²) in [5.41, 5.74) is 1.62. The van der Waals surface area contributed by atoms with E-state index in [9.17, 15) is 14.3 Å². The first-order valence-electron chi connectivity index (χ1n) is 11.7. The highest BCUT2D eigenvalue weighted by atomic mass is 35.5. The van der Waals surface area contributed by atoms with Gasteiger partial charge < -0.3 is 14.6 Å². The first-order chi connectivity index (χ1) is 16.4. The zero-order valence-corrected chi connectivity index (χ0v) is 20.7. The number of carboxylic acids is 1. The summed E-state index contributed by atoms with van der Waals surface area (Å²) in [6.45, 7) is 2.92. The molecule has 2 aliphatic rings. The third kappa shape index (κ3) is 6.22. The summed E-state index contributed by atoms with van der Waals surface area (Å²) in [6.07, 6.45) is 4.71. The van der Waals surface area contributed by atoms with Gasteiger partial charge in [-0.25, -0.2) is 9.18 Å². The maximum Gasteiger partial charge on any atom is 0.338 e. The number of ether oxygens (including phenoxy) is 2. The van der Waals surface area contributed by atoms with Gasteiger partial charge in [0.15, 0.2) is 0 Å². The Morgan fingerprint density at radius 3 is 2.38 bits per heavy atom. The van der Waals surface area contributed by atoms with Gasteiger partial charge in [-0.05, 0) is 92.4 Å². The molecule has 0 amide bonds. The average Bonchev–Trinajstić information content (AvgIpc) is 3.63. The number of hydrogen-bond donors (Lipinski definition) is 1. The summed E-state index contributed by atoms with van der Waals surface area (Å²) in [7, 11) is 1.70. The van der Waals surface area contributed by atoms with Crippen molar-refractivity contribution in [2.24, 2.45) is 5.92 Å². The fraction of sp³-hybridized carbons (Fsp3) is 0.500. The summed E-state index contributed by atoms with van der Waals surface area (Å²) < 4.78 is 25.7. The fourth-order valence-corrected chi connectivity index (χ4v) is 5.31. The Bertz CT molecular complexity index is 1000. The summed E-state index contributed by atoms with van der Waals surface area (Å²) >= 11 is 12.5. The predicted molar refractivity (Wildman–Crippen MR) is 131 cm³/mol. The number of carbonyl (C=O) groups is 1. The van der Waals surface area contributed by atoms with Crippen molar-refractivity contribution in [3.05, 3.63) is 62.9 Å². The third-order valence-electron chi connectivity index (χ3n) is 6.78. The second-order valence-corrected chi connectivity index (χ2v) is 10.1. The number of piperidine rings is 1. The Balaban J connectivity index is 1.39. The molecule has 8 heteroatoms. The maximum atomic E-state index is 14.3. The molecular formula is C26H30Cl2FNO4. The van der Waals surface area contributed by atoms with Gasteiger partial charge in [0, 0.05) is 35.9 Å². The van der Waals surface area contributed by atoms with Crippen molar-refractivity contribution in [2.75, 3.05) is 33.4 Å². The molecule has 1 aliphatic heterocycles. The molecule has 0 bridgehead atoms. The second-order valence-electron chi connectivity index (χ2n) is 9.24. The minimum atomic E-state index is -1.25.